The van der Waals surface area contributed by atoms with E-state index in [2.05, 4.69) is 4.37 Å². The zero-order chi connectivity index (χ0) is 9.41. The van der Waals surface area contributed by atoms with Crippen molar-refractivity contribution in [3.8, 4) is 0 Å². The average Bonchev–Trinajstić information content (AvgIpc) is 2.34. The van der Waals surface area contributed by atoms with Gasteiger partial charge in [0.25, 0.3) is 0 Å². The van der Waals surface area contributed by atoms with Gasteiger partial charge in [-0.2, -0.15) is 0 Å². The van der Waals surface area contributed by atoms with Gasteiger partial charge in [0, 0.05) is 6.20 Å². The molecule has 1 N–H and O–H groups in total. The first-order valence-electron chi connectivity index (χ1n) is 3.99. The lowest BCUT2D eigenvalue weighted by molar-refractivity contribution is -0.0438. The fourth-order valence-corrected chi connectivity index (χ4v) is 1.68. The molecule has 0 saturated carbocycles. The second-order valence-corrected chi connectivity index (χ2v) is 5.03. The van der Waals surface area contributed by atoms with Gasteiger partial charge in [0.1, 0.15) is 5.60 Å². The molecule has 0 saturated heterocycles. The number of hydrogen-bond acceptors (Lipinski definition) is 3. The zero-order valence-corrected chi connectivity index (χ0v) is 8.77. The molecule has 0 bridgehead atoms. The fourth-order valence-electron chi connectivity index (χ4n) is 0.837. The number of hydrogen-bond donors (Lipinski definition) is 1. The molecule has 1 unspecified atom stereocenters. The monoisotopic (exact) mass is 185 g/mol. The third-order valence-corrected chi connectivity index (χ3v) is 3.34. The summed E-state index contributed by atoms with van der Waals surface area (Å²) in [4.78, 5) is 0.926. The molecule has 0 fully saturated rings. The van der Waals surface area contributed by atoms with Crippen LogP contribution in [-0.4, -0.2) is 9.48 Å². The lowest BCUT2D eigenvalue weighted by Crippen LogP contribution is -2.35. The van der Waals surface area contributed by atoms with Crippen molar-refractivity contribution in [1.29, 1.82) is 0 Å². The topological polar surface area (TPSA) is 33.1 Å². The van der Waals surface area contributed by atoms with Crippen LogP contribution in [0, 0.1) is 5.41 Å². The van der Waals surface area contributed by atoms with E-state index in [1.165, 1.54) is 11.5 Å². The highest BCUT2D eigenvalue weighted by atomic mass is 32.1. The molecule has 0 amide bonds. The molecule has 1 aromatic heterocycles. The molecule has 0 aromatic carbocycles. The van der Waals surface area contributed by atoms with Gasteiger partial charge in [-0.05, 0) is 29.9 Å². The normalized spacial score (nSPS) is 17.4. The quantitative estimate of drug-likeness (QED) is 0.728. The Morgan fingerprint density at radius 3 is 2.25 bits per heavy atom. The van der Waals surface area contributed by atoms with E-state index >= 15 is 0 Å². The summed E-state index contributed by atoms with van der Waals surface area (Å²) in [6.07, 6.45) is 1.72. The minimum Gasteiger partial charge on any atom is -0.384 e. The molecule has 1 atom stereocenters. The first-order chi connectivity index (χ1) is 5.36. The van der Waals surface area contributed by atoms with Crippen molar-refractivity contribution >= 4 is 11.5 Å². The molecular formula is C9H15NOS. The van der Waals surface area contributed by atoms with Crippen LogP contribution in [0.25, 0.3) is 0 Å². The van der Waals surface area contributed by atoms with Crippen LogP contribution in [0.15, 0.2) is 12.3 Å². The van der Waals surface area contributed by atoms with Crippen molar-refractivity contribution in [1.82, 2.24) is 4.37 Å². The van der Waals surface area contributed by atoms with E-state index in [0.717, 1.165) is 4.88 Å². The molecule has 0 aliphatic rings. The van der Waals surface area contributed by atoms with Gasteiger partial charge in [0.2, 0.25) is 0 Å². The third kappa shape index (κ3) is 1.52. The second-order valence-electron chi connectivity index (χ2n) is 4.20. The summed E-state index contributed by atoms with van der Waals surface area (Å²) < 4.78 is 3.98. The van der Waals surface area contributed by atoms with Gasteiger partial charge in [-0.25, -0.2) is 4.37 Å². The van der Waals surface area contributed by atoms with Crippen LogP contribution in [0.4, 0.5) is 0 Å². The third-order valence-electron chi connectivity index (χ3n) is 2.38. The number of nitrogens with zero attached hydrogens (tertiary/aromatic N) is 1. The van der Waals surface area contributed by atoms with E-state index in [1.807, 2.05) is 33.8 Å². The van der Waals surface area contributed by atoms with Gasteiger partial charge in [-0.1, -0.05) is 20.8 Å². The Morgan fingerprint density at radius 2 is 1.92 bits per heavy atom. The molecule has 0 aliphatic carbocycles. The SMILES string of the molecule is CC(C)(C)C(C)(O)c1ccns1. The van der Waals surface area contributed by atoms with Crippen LogP contribution in [0.1, 0.15) is 32.6 Å². The van der Waals surface area contributed by atoms with Crippen LogP contribution in [0.3, 0.4) is 0 Å². The van der Waals surface area contributed by atoms with E-state index in [-0.39, 0.29) is 5.41 Å². The Balaban J connectivity index is 3.02. The molecule has 3 heteroatoms. The first-order valence-corrected chi connectivity index (χ1v) is 4.76. The highest BCUT2D eigenvalue weighted by Crippen LogP contribution is 2.39. The van der Waals surface area contributed by atoms with E-state index in [9.17, 15) is 5.11 Å². The lowest BCUT2D eigenvalue weighted by atomic mass is 9.77. The molecule has 0 radical (unpaired) electrons. The van der Waals surface area contributed by atoms with Crippen molar-refractivity contribution in [2.75, 3.05) is 0 Å². The summed E-state index contributed by atoms with van der Waals surface area (Å²) in [5, 5.41) is 10.2. The summed E-state index contributed by atoms with van der Waals surface area (Å²) >= 11 is 1.36. The minimum absolute atomic E-state index is 0.153. The van der Waals surface area contributed by atoms with E-state index in [1.54, 1.807) is 6.20 Å². The van der Waals surface area contributed by atoms with Crippen molar-refractivity contribution < 1.29 is 5.11 Å². The van der Waals surface area contributed by atoms with Gasteiger partial charge in [-0.3, -0.25) is 0 Å². The predicted molar refractivity (Wildman–Crippen MR) is 51.1 cm³/mol. The molecular weight excluding hydrogens is 170 g/mol. The minimum atomic E-state index is -0.784. The predicted octanol–water partition coefficient (Wildman–Crippen LogP) is 2.40. The zero-order valence-electron chi connectivity index (χ0n) is 7.96. The summed E-state index contributed by atoms with van der Waals surface area (Å²) in [7, 11) is 0. The number of aromatic nitrogens is 1. The van der Waals surface area contributed by atoms with Crippen LogP contribution < -0.4 is 0 Å². The number of aliphatic hydroxyl groups is 1. The van der Waals surface area contributed by atoms with E-state index in [4.69, 9.17) is 0 Å². The van der Waals surface area contributed by atoms with Gasteiger partial charge >= 0.3 is 0 Å². The van der Waals surface area contributed by atoms with Crippen LogP contribution in [0.5, 0.6) is 0 Å². The Hall–Kier alpha value is -0.410. The van der Waals surface area contributed by atoms with Gasteiger partial charge < -0.3 is 5.11 Å². The summed E-state index contributed by atoms with van der Waals surface area (Å²) in [6, 6.07) is 1.87. The van der Waals surface area contributed by atoms with Crippen molar-refractivity contribution in [3.63, 3.8) is 0 Å². The Bertz CT molecular complexity index is 246. The molecule has 1 aromatic rings. The molecule has 68 valence electrons. The smallest absolute Gasteiger partial charge is 0.102 e. The van der Waals surface area contributed by atoms with E-state index in [0.29, 0.717) is 0 Å². The maximum absolute atomic E-state index is 10.2. The van der Waals surface area contributed by atoms with Crippen molar-refractivity contribution in [3.05, 3.63) is 17.1 Å². The number of rotatable bonds is 1. The van der Waals surface area contributed by atoms with Gasteiger partial charge in [-0.15, -0.1) is 0 Å². The fraction of sp³-hybridized carbons (Fsp3) is 0.667. The largest absolute Gasteiger partial charge is 0.384 e. The van der Waals surface area contributed by atoms with E-state index < -0.39 is 5.60 Å². The molecule has 0 aliphatic heterocycles. The molecule has 2 nitrogen and oxygen atoms in total. The van der Waals surface area contributed by atoms with Crippen LogP contribution >= 0.6 is 11.5 Å². The van der Waals surface area contributed by atoms with Gasteiger partial charge in [0.15, 0.2) is 0 Å². The average molecular weight is 185 g/mol. The lowest BCUT2D eigenvalue weighted by Gasteiger charge is -2.35. The van der Waals surface area contributed by atoms with Crippen LogP contribution in [0.2, 0.25) is 0 Å². The second kappa shape index (κ2) is 2.82. The summed E-state index contributed by atoms with van der Waals surface area (Å²) in [5.74, 6) is 0. The Labute approximate surface area is 77.4 Å². The highest BCUT2D eigenvalue weighted by Gasteiger charge is 2.37. The first kappa shape index (κ1) is 9.68. The molecule has 12 heavy (non-hydrogen) atoms. The Kier molecular flexibility index (Phi) is 2.27. The van der Waals surface area contributed by atoms with Gasteiger partial charge in [0.05, 0.1) is 4.88 Å². The highest BCUT2D eigenvalue weighted by molar-refractivity contribution is 7.05. The molecule has 0 spiro atoms. The Morgan fingerprint density at radius 1 is 1.33 bits per heavy atom. The van der Waals surface area contributed by atoms with Crippen molar-refractivity contribution in [2.45, 2.75) is 33.3 Å². The van der Waals surface area contributed by atoms with Crippen molar-refractivity contribution in [2.24, 2.45) is 5.41 Å². The maximum Gasteiger partial charge on any atom is 0.102 e. The summed E-state index contributed by atoms with van der Waals surface area (Å²) in [5.41, 5.74) is -0.937. The standard InChI is InChI=1S/C9H15NOS/c1-8(2,3)9(4,11)7-5-6-10-12-7/h5-6,11H,1-4H3. The summed E-state index contributed by atoms with van der Waals surface area (Å²) in [6.45, 7) is 7.90. The molecule has 1 rings (SSSR count). The molecule has 1 heterocycles. The maximum atomic E-state index is 10.2. The van der Waals surface area contributed by atoms with Crippen LogP contribution in [-0.2, 0) is 5.60 Å².